The van der Waals surface area contributed by atoms with Crippen LogP contribution in [0.4, 0.5) is 0 Å². The van der Waals surface area contributed by atoms with Crippen LogP contribution >= 0.6 is 15.9 Å². The molecule has 0 spiro atoms. The Kier molecular flexibility index (Phi) is 5.30. The number of amides is 1. The van der Waals surface area contributed by atoms with E-state index in [1.165, 1.54) is 0 Å². The second-order valence-electron chi connectivity index (χ2n) is 6.15. The van der Waals surface area contributed by atoms with Gasteiger partial charge in [-0.1, -0.05) is 87.8 Å². The van der Waals surface area contributed by atoms with Crippen molar-refractivity contribution in [2.45, 2.75) is 6.04 Å². The molecule has 0 radical (unpaired) electrons. The Bertz CT molecular complexity index is 1080. The number of halogens is 1. The average Bonchev–Trinajstić information content (AvgIpc) is 3.23. The van der Waals surface area contributed by atoms with E-state index in [2.05, 4.69) is 31.4 Å². The maximum absolute atomic E-state index is 12.8. The zero-order chi connectivity index (χ0) is 19.3. The lowest BCUT2D eigenvalue weighted by molar-refractivity contribution is 0.0936. The topological polar surface area (TPSA) is 68.0 Å². The van der Waals surface area contributed by atoms with Crippen molar-refractivity contribution in [3.05, 3.63) is 106 Å². The van der Waals surface area contributed by atoms with Crippen molar-refractivity contribution in [1.82, 2.24) is 15.5 Å². The molecule has 6 heteroatoms. The molecule has 1 aromatic heterocycles. The van der Waals surface area contributed by atoms with E-state index in [9.17, 15) is 4.79 Å². The minimum Gasteiger partial charge on any atom is -0.336 e. The maximum Gasteiger partial charge on any atom is 0.254 e. The number of hydrogen-bond donors (Lipinski definition) is 1. The minimum atomic E-state index is -0.558. The highest BCUT2D eigenvalue weighted by atomic mass is 79.9. The van der Waals surface area contributed by atoms with Gasteiger partial charge in [0.05, 0.1) is 0 Å². The number of nitrogens with one attached hydrogen (secondary N) is 1. The van der Waals surface area contributed by atoms with Crippen LogP contribution in [0.5, 0.6) is 0 Å². The predicted molar refractivity (Wildman–Crippen MR) is 110 cm³/mol. The van der Waals surface area contributed by atoms with E-state index in [1.54, 1.807) is 12.1 Å². The number of rotatable bonds is 5. The van der Waals surface area contributed by atoms with Gasteiger partial charge < -0.3 is 9.84 Å². The monoisotopic (exact) mass is 433 g/mol. The normalized spacial score (nSPS) is 11.8. The molecule has 4 rings (SSSR count). The van der Waals surface area contributed by atoms with Crippen LogP contribution in [-0.4, -0.2) is 16.0 Å². The molecular formula is C22H16BrN3O2. The number of nitrogens with zero attached hydrogens (tertiary/aromatic N) is 2. The summed E-state index contributed by atoms with van der Waals surface area (Å²) in [7, 11) is 0. The van der Waals surface area contributed by atoms with Crippen molar-refractivity contribution in [2.24, 2.45) is 0 Å². The third-order valence-electron chi connectivity index (χ3n) is 4.22. The lowest BCUT2D eigenvalue weighted by Crippen LogP contribution is -2.29. The number of benzene rings is 3. The number of aromatic nitrogens is 2. The number of carbonyl (C=O) groups excluding carboxylic acids is 1. The quantitative estimate of drug-likeness (QED) is 0.479. The molecule has 28 heavy (non-hydrogen) atoms. The standard InChI is InChI=1S/C22H16BrN3O2/c23-18-13-7-12-17(14-18)21(27)24-19(15-8-3-1-4-9-15)22-25-20(26-28-22)16-10-5-2-6-11-16/h1-14,19H,(H,24,27). The predicted octanol–water partition coefficient (Wildman–Crippen LogP) is 5.02. The van der Waals surface area contributed by atoms with Crippen molar-refractivity contribution in [2.75, 3.05) is 0 Å². The first kappa shape index (κ1) is 18.1. The van der Waals surface area contributed by atoms with Crippen molar-refractivity contribution < 1.29 is 9.32 Å². The Morgan fingerprint density at radius 2 is 1.64 bits per heavy atom. The molecule has 1 N–H and O–H groups in total. The molecule has 1 heterocycles. The Balaban J connectivity index is 1.67. The van der Waals surface area contributed by atoms with E-state index in [0.29, 0.717) is 17.3 Å². The maximum atomic E-state index is 12.8. The summed E-state index contributed by atoms with van der Waals surface area (Å²) in [6.07, 6.45) is 0. The van der Waals surface area contributed by atoms with E-state index < -0.39 is 6.04 Å². The second kappa shape index (κ2) is 8.19. The first-order valence-electron chi connectivity index (χ1n) is 8.71. The molecule has 0 fully saturated rings. The molecule has 138 valence electrons. The van der Waals surface area contributed by atoms with Crippen LogP contribution < -0.4 is 5.32 Å². The van der Waals surface area contributed by atoms with Crippen molar-refractivity contribution in [3.8, 4) is 11.4 Å². The minimum absolute atomic E-state index is 0.227. The van der Waals surface area contributed by atoms with Crippen molar-refractivity contribution >= 4 is 21.8 Å². The van der Waals surface area contributed by atoms with Gasteiger partial charge in [-0.25, -0.2) is 0 Å². The van der Waals surface area contributed by atoms with Gasteiger partial charge >= 0.3 is 0 Å². The fourth-order valence-corrected chi connectivity index (χ4v) is 3.23. The zero-order valence-corrected chi connectivity index (χ0v) is 16.3. The molecule has 0 saturated heterocycles. The van der Waals surface area contributed by atoms with Gasteiger partial charge in [0, 0.05) is 15.6 Å². The van der Waals surface area contributed by atoms with E-state index in [-0.39, 0.29) is 5.91 Å². The van der Waals surface area contributed by atoms with Gasteiger partial charge in [-0.05, 0) is 23.8 Å². The van der Waals surface area contributed by atoms with E-state index >= 15 is 0 Å². The van der Waals surface area contributed by atoms with Crippen LogP contribution in [0.25, 0.3) is 11.4 Å². The first-order valence-corrected chi connectivity index (χ1v) is 9.50. The van der Waals surface area contributed by atoms with Crippen LogP contribution in [-0.2, 0) is 0 Å². The number of hydrogen-bond acceptors (Lipinski definition) is 4. The summed E-state index contributed by atoms with van der Waals surface area (Å²) in [6, 6.07) is 25.8. The molecule has 0 aliphatic rings. The first-order chi connectivity index (χ1) is 13.7. The van der Waals surface area contributed by atoms with Crippen LogP contribution in [0.3, 0.4) is 0 Å². The highest BCUT2D eigenvalue weighted by Crippen LogP contribution is 2.24. The van der Waals surface area contributed by atoms with E-state index in [4.69, 9.17) is 4.52 Å². The van der Waals surface area contributed by atoms with Gasteiger partial charge in [0.2, 0.25) is 5.82 Å². The Morgan fingerprint density at radius 3 is 2.36 bits per heavy atom. The SMILES string of the molecule is O=C(NC(c1ccccc1)c1nc(-c2ccccc2)no1)c1cccc(Br)c1. The average molecular weight is 434 g/mol. The van der Waals surface area contributed by atoms with Gasteiger partial charge in [-0.2, -0.15) is 4.98 Å². The van der Waals surface area contributed by atoms with Crippen LogP contribution in [0, 0.1) is 0 Å². The summed E-state index contributed by atoms with van der Waals surface area (Å²) >= 11 is 3.39. The second-order valence-corrected chi connectivity index (χ2v) is 7.07. The lowest BCUT2D eigenvalue weighted by atomic mass is 10.1. The summed E-state index contributed by atoms with van der Waals surface area (Å²) in [5.74, 6) is 0.580. The summed E-state index contributed by atoms with van der Waals surface area (Å²) in [5, 5.41) is 7.08. The molecule has 5 nitrogen and oxygen atoms in total. The van der Waals surface area contributed by atoms with Crippen molar-refractivity contribution in [1.29, 1.82) is 0 Å². The number of carbonyl (C=O) groups is 1. The molecule has 1 unspecified atom stereocenters. The summed E-state index contributed by atoms with van der Waals surface area (Å²) in [5.41, 5.74) is 2.25. The van der Waals surface area contributed by atoms with Crippen LogP contribution in [0.1, 0.15) is 27.9 Å². The van der Waals surface area contributed by atoms with Gasteiger partial charge in [0.1, 0.15) is 6.04 Å². The lowest BCUT2D eigenvalue weighted by Gasteiger charge is -2.15. The van der Waals surface area contributed by atoms with E-state index in [0.717, 1.165) is 15.6 Å². The Labute approximate surface area is 170 Å². The zero-order valence-electron chi connectivity index (χ0n) is 14.7. The van der Waals surface area contributed by atoms with Crippen molar-refractivity contribution in [3.63, 3.8) is 0 Å². The Morgan fingerprint density at radius 1 is 0.929 bits per heavy atom. The third kappa shape index (κ3) is 4.02. The van der Waals surface area contributed by atoms with E-state index in [1.807, 2.05) is 72.8 Å². The fourth-order valence-electron chi connectivity index (χ4n) is 2.83. The molecule has 0 aliphatic carbocycles. The van der Waals surface area contributed by atoms with Gasteiger partial charge in [-0.15, -0.1) is 0 Å². The summed E-state index contributed by atoms with van der Waals surface area (Å²) in [4.78, 5) is 17.3. The molecule has 0 bridgehead atoms. The Hall–Kier alpha value is -3.25. The summed E-state index contributed by atoms with van der Waals surface area (Å²) in [6.45, 7) is 0. The van der Waals surface area contributed by atoms with Gasteiger partial charge in [0.15, 0.2) is 0 Å². The molecule has 1 amide bonds. The third-order valence-corrected chi connectivity index (χ3v) is 4.71. The van der Waals surface area contributed by atoms with Gasteiger partial charge in [0.25, 0.3) is 11.8 Å². The molecule has 1 atom stereocenters. The largest absolute Gasteiger partial charge is 0.336 e. The van der Waals surface area contributed by atoms with Gasteiger partial charge in [-0.3, -0.25) is 4.79 Å². The smallest absolute Gasteiger partial charge is 0.254 e. The van der Waals surface area contributed by atoms with Crippen LogP contribution in [0.2, 0.25) is 0 Å². The molecule has 0 saturated carbocycles. The highest BCUT2D eigenvalue weighted by molar-refractivity contribution is 9.10. The molecule has 0 aliphatic heterocycles. The fraction of sp³-hybridized carbons (Fsp3) is 0.0455. The molecule has 4 aromatic rings. The molecular weight excluding hydrogens is 418 g/mol. The summed E-state index contributed by atoms with van der Waals surface area (Å²) < 4.78 is 6.34. The molecule has 3 aromatic carbocycles. The van der Waals surface area contributed by atoms with Crippen LogP contribution in [0.15, 0.2) is 93.9 Å². The highest BCUT2D eigenvalue weighted by Gasteiger charge is 2.24.